The molecule has 5 nitrogen and oxygen atoms in total. The van der Waals surface area contributed by atoms with Crippen molar-refractivity contribution in [3.05, 3.63) is 33.8 Å². The number of nitrogens with zero attached hydrogens (tertiary/aromatic N) is 1. The fraction of sp³-hybridized carbons (Fsp3) is 0.632. The van der Waals surface area contributed by atoms with Crippen LogP contribution in [0.2, 0.25) is 10.0 Å². The number of carbonyl (C=O) groups excluding carboxylic acids is 1. The van der Waals surface area contributed by atoms with Crippen LogP contribution in [0.3, 0.4) is 0 Å². The Hall–Kier alpha value is -1.08. The molecule has 3 rings (SSSR count). The summed E-state index contributed by atoms with van der Waals surface area (Å²) in [6, 6.07) is 4.78. The van der Waals surface area contributed by atoms with E-state index in [1.807, 2.05) is 19.1 Å². The van der Waals surface area contributed by atoms with Gasteiger partial charge in [0.2, 0.25) is 0 Å². The molecule has 2 fully saturated rings. The second kappa shape index (κ2) is 8.11. The third kappa shape index (κ3) is 3.90. The number of carbonyl (C=O) groups is 1. The summed E-state index contributed by atoms with van der Waals surface area (Å²) in [5.74, 6) is 0. The average molecular weight is 417 g/mol. The summed E-state index contributed by atoms with van der Waals surface area (Å²) in [4.78, 5) is 13.3. The van der Waals surface area contributed by atoms with Crippen molar-refractivity contribution >= 4 is 29.2 Å². The highest BCUT2D eigenvalue weighted by Gasteiger charge is 2.55. The molecule has 8 heteroatoms. The Labute approximate surface area is 169 Å². The zero-order valence-corrected chi connectivity index (χ0v) is 17.0. The molecule has 1 saturated carbocycles. The minimum atomic E-state index is -1.49. The van der Waals surface area contributed by atoms with E-state index in [0.29, 0.717) is 35.7 Å². The molecule has 0 spiro atoms. The normalized spacial score (nSPS) is 29.1. The lowest BCUT2D eigenvalue weighted by Gasteiger charge is -2.54. The number of amides is 2. The lowest BCUT2D eigenvalue weighted by atomic mass is 9.67. The van der Waals surface area contributed by atoms with E-state index in [1.165, 1.54) is 0 Å². The van der Waals surface area contributed by atoms with Crippen molar-refractivity contribution in [3.63, 3.8) is 0 Å². The molecular formula is C19H27Cl2FN4O. The monoisotopic (exact) mass is 416 g/mol. The molecule has 0 radical (unpaired) electrons. The first-order valence-electron chi connectivity index (χ1n) is 9.43. The maximum Gasteiger partial charge on any atom is 0.312 e. The Morgan fingerprint density at radius 3 is 2.56 bits per heavy atom. The number of nitrogens with two attached hydrogens (primary N) is 1. The number of urea groups is 1. The fourth-order valence-electron chi connectivity index (χ4n) is 4.59. The van der Waals surface area contributed by atoms with Gasteiger partial charge >= 0.3 is 6.03 Å². The van der Waals surface area contributed by atoms with Gasteiger partial charge in [-0.1, -0.05) is 35.3 Å². The number of piperazine rings is 1. The first-order chi connectivity index (χ1) is 12.8. The highest BCUT2D eigenvalue weighted by atomic mass is 35.5. The van der Waals surface area contributed by atoms with Crippen molar-refractivity contribution in [1.82, 2.24) is 15.5 Å². The van der Waals surface area contributed by atoms with E-state index in [9.17, 15) is 4.79 Å². The summed E-state index contributed by atoms with van der Waals surface area (Å²) in [6.07, 6.45) is 1.72. The van der Waals surface area contributed by atoms with Crippen LogP contribution in [0.1, 0.15) is 38.2 Å². The maximum absolute atomic E-state index is 16.6. The first kappa shape index (κ1) is 20.6. The van der Waals surface area contributed by atoms with E-state index in [2.05, 4.69) is 15.5 Å². The molecule has 1 aromatic carbocycles. The molecule has 0 aromatic heterocycles. The number of benzene rings is 1. The summed E-state index contributed by atoms with van der Waals surface area (Å²) >= 11 is 12.8. The Morgan fingerprint density at radius 1 is 1.33 bits per heavy atom. The summed E-state index contributed by atoms with van der Waals surface area (Å²) in [5, 5.41) is 6.88. The van der Waals surface area contributed by atoms with Crippen LogP contribution in [0.25, 0.3) is 0 Å². The number of primary amides is 1. The number of nitrogens with one attached hydrogen (secondary N) is 2. The van der Waals surface area contributed by atoms with Gasteiger partial charge in [0, 0.05) is 32.2 Å². The quantitative estimate of drug-likeness (QED) is 0.703. The molecule has 0 bridgehead atoms. The fourth-order valence-corrected chi connectivity index (χ4v) is 5.08. The van der Waals surface area contributed by atoms with Gasteiger partial charge in [0.15, 0.2) is 0 Å². The summed E-state index contributed by atoms with van der Waals surface area (Å²) < 4.78 is 16.6. The predicted octanol–water partition coefficient (Wildman–Crippen LogP) is 3.43. The molecule has 2 aliphatic rings. The number of hydrogen-bond donors (Lipinski definition) is 3. The molecule has 1 saturated heterocycles. The molecular weight excluding hydrogens is 390 g/mol. The van der Waals surface area contributed by atoms with Crippen molar-refractivity contribution < 1.29 is 9.18 Å². The van der Waals surface area contributed by atoms with Gasteiger partial charge in [0.05, 0.1) is 15.6 Å². The van der Waals surface area contributed by atoms with E-state index in [4.69, 9.17) is 28.9 Å². The van der Waals surface area contributed by atoms with Gasteiger partial charge in [0.25, 0.3) is 0 Å². The van der Waals surface area contributed by atoms with E-state index in [-0.39, 0.29) is 6.04 Å². The van der Waals surface area contributed by atoms with Crippen LogP contribution in [0.4, 0.5) is 9.18 Å². The zero-order valence-electron chi connectivity index (χ0n) is 15.5. The van der Waals surface area contributed by atoms with Crippen LogP contribution in [0.15, 0.2) is 18.2 Å². The predicted molar refractivity (Wildman–Crippen MR) is 107 cm³/mol. The maximum atomic E-state index is 16.6. The van der Waals surface area contributed by atoms with Gasteiger partial charge in [-0.05, 0) is 44.2 Å². The summed E-state index contributed by atoms with van der Waals surface area (Å²) in [7, 11) is 0. The molecule has 150 valence electrons. The molecule has 1 aliphatic heterocycles. The van der Waals surface area contributed by atoms with Crippen LogP contribution >= 0.6 is 23.2 Å². The van der Waals surface area contributed by atoms with E-state index < -0.39 is 17.2 Å². The van der Waals surface area contributed by atoms with Crippen LogP contribution in [0.5, 0.6) is 0 Å². The van der Waals surface area contributed by atoms with Crippen molar-refractivity contribution in [2.75, 3.05) is 26.2 Å². The standard InChI is InChI=1S/C19H27Cl2FN4O/c1-18(26-11-9-24-10-12-26,14-3-2-4-15(20)16(14)21)19(22)7-5-13(6-8-19)25-17(23)27/h2-4,13,24H,5-12H2,1H3,(H3,23,25,27). The van der Waals surface area contributed by atoms with Gasteiger partial charge in [-0.2, -0.15) is 0 Å². The molecule has 1 heterocycles. The Bertz CT molecular complexity index is 690. The van der Waals surface area contributed by atoms with E-state index in [1.54, 1.807) is 6.07 Å². The van der Waals surface area contributed by atoms with Crippen LogP contribution in [-0.2, 0) is 5.54 Å². The topological polar surface area (TPSA) is 70.4 Å². The third-order valence-corrected chi connectivity index (χ3v) is 7.04. The second-order valence-corrected chi connectivity index (χ2v) is 8.44. The van der Waals surface area contributed by atoms with Crippen molar-refractivity contribution in [2.45, 2.75) is 49.9 Å². The van der Waals surface area contributed by atoms with Gasteiger partial charge in [-0.25, -0.2) is 9.18 Å². The SMILES string of the molecule is CC(c1cccc(Cl)c1Cl)(N1CCNCC1)C1(F)CCC(NC(N)=O)CC1. The molecule has 1 aromatic rings. The summed E-state index contributed by atoms with van der Waals surface area (Å²) in [6.45, 7) is 5.01. The Morgan fingerprint density at radius 2 is 1.96 bits per heavy atom. The van der Waals surface area contributed by atoms with Gasteiger partial charge in [-0.15, -0.1) is 0 Å². The van der Waals surface area contributed by atoms with Crippen molar-refractivity contribution in [1.29, 1.82) is 0 Å². The molecule has 27 heavy (non-hydrogen) atoms. The molecule has 1 aliphatic carbocycles. The number of alkyl halides is 1. The highest BCUT2D eigenvalue weighted by Crippen LogP contribution is 2.51. The van der Waals surface area contributed by atoms with Crippen LogP contribution in [-0.4, -0.2) is 48.8 Å². The largest absolute Gasteiger partial charge is 0.352 e. The zero-order chi connectivity index (χ0) is 19.7. The number of hydrogen-bond acceptors (Lipinski definition) is 3. The minimum Gasteiger partial charge on any atom is -0.352 e. The second-order valence-electron chi connectivity index (χ2n) is 7.66. The lowest BCUT2D eigenvalue weighted by molar-refractivity contribution is -0.0832. The first-order valence-corrected chi connectivity index (χ1v) is 10.2. The molecule has 4 N–H and O–H groups in total. The third-order valence-electron chi connectivity index (χ3n) is 6.22. The lowest BCUT2D eigenvalue weighted by Crippen LogP contribution is -2.63. The van der Waals surface area contributed by atoms with Crippen LogP contribution in [0, 0.1) is 0 Å². The van der Waals surface area contributed by atoms with Gasteiger partial charge in [0.1, 0.15) is 5.67 Å². The Balaban J connectivity index is 1.97. The van der Waals surface area contributed by atoms with Gasteiger partial charge < -0.3 is 16.4 Å². The smallest absolute Gasteiger partial charge is 0.312 e. The minimum absolute atomic E-state index is 0.0894. The Kier molecular flexibility index (Phi) is 6.21. The molecule has 1 atom stereocenters. The van der Waals surface area contributed by atoms with E-state index in [0.717, 1.165) is 31.7 Å². The van der Waals surface area contributed by atoms with Crippen molar-refractivity contribution in [3.8, 4) is 0 Å². The summed E-state index contributed by atoms with van der Waals surface area (Å²) in [5.41, 5.74) is 3.55. The molecule has 1 unspecified atom stereocenters. The van der Waals surface area contributed by atoms with Crippen LogP contribution < -0.4 is 16.4 Å². The number of rotatable bonds is 4. The number of halogens is 3. The van der Waals surface area contributed by atoms with E-state index >= 15 is 4.39 Å². The average Bonchev–Trinajstić information content (AvgIpc) is 2.65. The van der Waals surface area contributed by atoms with Gasteiger partial charge in [-0.3, -0.25) is 4.90 Å². The highest BCUT2D eigenvalue weighted by molar-refractivity contribution is 6.42. The van der Waals surface area contributed by atoms with Crippen molar-refractivity contribution in [2.24, 2.45) is 5.73 Å². The molecule has 2 amide bonds.